The Balaban J connectivity index is 1.68. The third kappa shape index (κ3) is 2.21. The summed E-state index contributed by atoms with van der Waals surface area (Å²) in [4.78, 5) is 25.0. The lowest BCUT2D eigenvalue weighted by Gasteiger charge is -2.11. The molecule has 0 unspecified atom stereocenters. The molecule has 0 aromatic heterocycles. The SMILES string of the molecule is CN1C[C@H](C(=O)Nc2ccc3c(c2)OCO3)CC1=O. The molecule has 0 bridgehead atoms. The van der Waals surface area contributed by atoms with E-state index in [9.17, 15) is 9.59 Å². The first-order chi connectivity index (χ1) is 9.13. The van der Waals surface area contributed by atoms with Crippen LogP contribution >= 0.6 is 0 Å². The van der Waals surface area contributed by atoms with Crippen molar-refractivity contribution in [3.8, 4) is 11.5 Å². The Morgan fingerprint density at radius 1 is 1.37 bits per heavy atom. The summed E-state index contributed by atoms with van der Waals surface area (Å²) in [5.41, 5.74) is 0.649. The van der Waals surface area contributed by atoms with E-state index >= 15 is 0 Å². The van der Waals surface area contributed by atoms with Gasteiger partial charge in [-0.2, -0.15) is 0 Å². The first-order valence-electron chi connectivity index (χ1n) is 6.08. The fourth-order valence-electron chi connectivity index (χ4n) is 2.26. The third-order valence-electron chi connectivity index (χ3n) is 3.35. The zero-order valence-electron chi connectivity index (χ0n) is 10.5. The molecular formula is C13H14N2O4. The molecule has 1 fully saturated rings. The maximum absolute atomic E-state index is 12.0. The van der Waals surface area contributed by atoms with Crippen molar-refractivity contribution in [2.24, 2.45) is 5.92 Å². The molecule has 6 heteroatoms. The number of ether oxygens (including phenoxy) is 2. The number of likely N-dealkylation sites (tertiary alicyclic amines) is 1. The van der Waals surface area contributed by atoms with Crippen LogP contribution in [0.3, 0.4) is 0 Å². The summed E-state index contributed by atoms with van der Waals surface area (Å²) in [5.74, 6) is 0.872. The number of amides is 2. The van der Waals surface area contributed by atoms with Gasteiger partial charge in [0.25, 0.3) is 0 Å². The molecule has 2 aliphatic rings. The van der Waals surface area contributed by atoms with Crippen LogP contribution < -0.4 is 14.8 Å². The summed E-state index contributed by atoms with van der Waals surface area (Å²) >= 11 is 0. The highest BCUT2D eigenvalue weighted by Crippen LogP contribution is 2.34. The smallest absolute Gasteiger partial charge is 0.231 e. The molecule has 100 valence electrons. The quantitative estimate of drug-likeness (QED) is 0.857. The topological polar surface area (TPSA) is 67.9 Å². The van der Waals surface area contributed by atoms with E-state index in [1.165, 1.54) is 0 Å². The predicted molar refractivity (Wildman–Crippen MR) is 66.9 cm³/mol. The average molecular weight is 262 g/mol. The Kier molecular flexibility index (Phi) is 2.77. The predicted octanol–water partition coefficient (Wildman–Crippen LogP) is 0.832. The van der Waals surface area contributed by atoms with Gasteiger partial charge in [-0.1, -0.05) is 0 Å². The van der Waals surface area contributed by atoms with Crippen LogP contribution in [0, 0.1) is 5.92 Å². The Labute approximate surface area is 110 Å². The van der Waals surface area contributed by atoms with Gasteiger partial charge in [-0.25, -0.2) is 0 Å². The second-order valence-corrected chi connectivity index (χ2v) is 4.73. The van der Waals surface area contributed by atoms with Crippen LogP contribution in [0.2, 0.25) is 0 Å². The van der Waals surface area contributed by atoms with Gasteiger partial charge in [0.05, 0.1) is 5.92 Å². The second kappa shape index (κ2) is 4.46. The van der Waals surface area contributed by atoms with E-state index in [0.29, 0.717) is 23.7 Å². The number of hydrogen-bond acceptors (Lipinski definition) is 4. The number of nitrogens with zero attached hydrogens (tertiary/aromatic N) is 1. The number of carbonyl (C=O) groups excluding carboxylic acids is 2. The van der Waals surface area contributed by atoms with Crippen molar-refractivity contribution in [1.29, 1.82) is 0 Å². The van der Waals surface area contributed by atoms with Crippen LogP contribution in [0.25, 0.3) is 0 Å². The van der Waals surface area contributed by atoms with Crippen LogP contribution in [-0.2, 0) is 9.59 Å². The lowest BCUT2D eigenvalue weighted by atomic mass is 10.1. The molecule has 6 nitrogen and oxygen atoms in total. The van der Waals surface area contributed by atoms with Crippen molar-refractivity contribution >= 4 is 17.5 Å². The standard InChI is InChI=1S/C13H14N2O4/c1-15-6-8(4-12(15)16)13(17)14-9-2-3-10-11(5-9)19-7-18-10/h2-3,5,8H,4,6-7H2,1H3,(H,14,17)/t8-/m1/s1. The third-order valence-corrected chi connectivity index (χ3v) is 3.35. The highest BCUT2D eigenvalue weighted by molar-refractivity contribution is 5.97. The van der Waals surface area contributed by atoms with Crippen molar-refractivity contribution in [2.75, 3.05) is 25.7 Å². The van der Waals surface area contributed by atoms with Crippen LogP contribution in [0.1, 0.15) is 6.42 Å². The number of anilines is 1. The van der Waals surface area contributed by atoms with Gasteiger partial charge in [0.2, 0.25) is 18.6 Å². The summed E-state index contributed by atoms with van der Waals surface area (Å²) in [6.45, 7) is 0.671. The average Bonchev–Trinajstić information content (AvgIpc) is 2.96. The molecule has 1 atom stereocenters. The van der Waals surface area contributed by atoms with Gasteiger partial charge in [0, 0.05) is 31.8 Å². The molecule has 3 rings (SSSR count). The van der Waals surface area contributed by atoms with Gasteiger partial charge >= 0.3 is 0 Å². The number of fused-ring (bicyclic) bond motifs is 1. The van der Waals surface area contributed by atoms with Crippen LogP contribution in [0.15, 0.2) is 18.2 Å². The van der Waals surface area contributed by atoms with Crippen molar-refractivity contribution in [2.45, 2.75) is 6.42 Å². The summed E-state index contributed by atoms with van der Waals surface area (Å²) in [5, 5.41) is 2.80. The van der Waals surface area contributed by atoms with E-state index in [1.807, 2.05) is 0 Å². The summed E-state index contributed by atoms with van der Waals surface area (Å²) in [6.07, 6.45) is 0.271. The van der Waals surface area contributed by atoms with E-state index < -0.39 is 0 Å². The molecule has 0 saturated carbocycles. The Bertz CT molecular complexity index is 543. The minimum atomic E-state index is -0.289. The minimum Gasteiger partial charge on any atom is -0.454 e. The molecule has 0 aliphatic carbocycles. The Morgan fingerprint density at radius 2 is 2.16 bits per heavy atom. The van der Waals surface area contributed by atoms with Gasteiger partial charge < -0.3 is 19.7 Å². The maximum Gasteiger partial charge on any atom is 0.231 e. The molecule has 1 N–H and O–H groups in total. The first kappa shape index (κ1) is 11.8. The largest absolute Gasteiger partial charge is 0.454 e. The number of nitrogens with one attached hydrogen (secondary N) is 1. The van der Waals surface area contributed by atoms with Gasteiger partial charge in [0.15, 0.2) is 11.5 Å². The van der Waals surface area contributed by atoms with Crippen molar-refractivity contribution in [1.82, 2.24) is 4.90 Å². The Hall–Kier alpha value is -2.24. The maximum atomic E-state index is 12.0. The molecule has 2 amide bonds. The van der Waals surface area contributed by atoms with E-state index in [0.717, 1.165) is 0 Å². The molecule has 0 radical (unpaired) electrons. The van der Waals surface area contributed by atoms with E-state index in [-0.39, 0.29) is 30.9 Å². The van der Waals surface area contributed by atoms with E-state index in [4.69, 9.17) is 9.47 Å². The number of hydrogen-bond donors (Lipinski definition) is 1. The Morgan fingerprint density at radius 3 is 2.89 bits per heavy atom. The molecular weight excluding hydrogens is 248 g/mol. The van der Waals surface area contributed by atoms with Gasteiger partial charge in [-0.15, -0.1) is 0 Å². The van der Waals surface area contributed by atoms with Crippen LogP contribution in [0.5, 0.6) is 11.5 Å². The van der Waals surface area contributed by atoms with Crippen molar-refractivity contribution in [3.63, 3.8) is 0 Å². The zero-order chi connectivity index (χ0) is 13.4. The van der Waals surface area contributed by atoms with Crippen molar-refractivity contribution < 1.29 is 19.1 Å². The van der Waals surface area contributed by atoms with Gasteiger partial charge in [0.1, 0.15) is 0 Å². The fraction of sp³-hybridized carbons (Fsp3) is 0.385. The second-order valence-electron chi connectivity index (χ2n) is 4.73. The van der Waals surface area contributed by atoms with E-state index in [2.05, 4.69) is 5.32 Å². The molecule has 1 aromatic carbocycles. The monoisotopic (exact) mass is 262 g/mol. The summed E-state index contributed by atoms with van der Waals surface area (Å²) in [6, 6.07) is 5.23. The molecule has 0 spiro atoms. The normalized spacial score (nSPS) is 20.8. The zero-order valence-corrected chi connectivity index (χ0v) is 10.5. The number of rotatable bonds is 2. The molecule has 19 heavy (non-hydrogen) atoms. The van der Waals surface area contributed by atoms with Gasteiger partial charge in [-0.3, -0.25) is 9.59 Å². The number of carbonyl (C=O) groups is 2. The summed E-state index contributed by atoms with van der Waals surface area (Å²) in [7, 11) is 1.70. The van der Waals surface area contributed by atoms with Gasteiger partial charge in [-0.05, 0) is 12.1 Å². The van der Waals surface area contributed by atoms with Crippen molar-refractivity contribution in [3.05, 3.63) is 18.2 Å². The highest BCUT2D eigenvalue weighted by Gasteiger charge is 2.32. The fourth-order valence-corrected chi connectivity index (χ4v) is 2.26. The molecule has 1 saturated heterocycles. The first-order valence-corrected chi connectivity index (χ1v) is 6.08. The molecule has 2 aliphatic heterocycles. The van der Waals surface area contributed by atoms with E-state index in [1.54, 1.807) is 30.1 Å². The lowest BCUT2D eigenvalue weighted by molar-refractivity contribution is -0.127. The van der Waals surface area contributed by atoms with Crippen LogP contribution in [0.4, 0.5) is 5.69 Å². The molecule has 1 aromatic rings. The number of benzene rings is 1. The minimum absolute atomic E-state index is 0.00540. The highest BCUT2D eigenvalue weighted by atomic mass is 16.7. The summed E-state index contributed by atoms with van der Waals surface area (Å²) < 4.78 is 10.4. The lowest BCUT2D eigenvalue weighted by Crippen LogP contribution is -2.25. The van der Waals surface area contributed by atoms with Crippen LogP contribution in [-0.4, -0.2) is 37.1 Å². The molecule has 2 heterocycles.